The van der Waals surface area contributed by atoms with Crippen molar-refractivity contribution in [1.82, 2.24) is 4.90 Å². The van der Waals surface area contributed by atoms with Gasteiger partial charge >= 0.3 is 0 Å². The van der Waals surface area contributed by atoms with Crippen LogP contribution in [0.4, 0.5) is 0 Å². The first-order valence-corrected chi connectivity index (χ1v) is 5.54. The second-order valence-electron chi connectivity index (χ2n) is 5.16. The second-order valence-corrected chi connectivity index (χ2v) is 5.16. The Morgan fingerprint density at radius 3 is 2.21 bits per heavy atom. The van der Waals surface area contributed by atoms with Crippen LogP contribution in [0.15, 0.2) is 0 Å². The van der Waals surface area contributed by atoms with E-state index in [0.717, 1.165) is 11.8 Å². The number of hydrogen-bond donors (Lipinski definition) is 0. The molecule has 0 aromatic rings. The molecule has 0 amide bonds. The van der Waals surface area contributed by atoms with Crippen molar-refractivity contribution >= 4 is 0 Å². The van der Waals surface area contributed by atoms with Crippen LogP contribution in [0, 0.1) is 17.8 Å². The first-order valence-electron chi connectivity index (χ1n) is 5.54. The van der Waals surface area contributed by atoms with Crippen LogP contribution in [-0.4, -0.2) is 24.0 Å². The van der Waals surface area contributed by atoms with Crippen LogP contribution < -0.4 is 0 Å². The van der Waals surface area contributed by atoms with Crippen LogP contribution in [-0.2, 0) is 19.5 Å². The van der Waals surface area contributed by atoms with Gasteiger partial charge in [-0.15, -0.1) is 0 Å². The minimum absolute atomic E-state index is 0. The van der Waals surface area contributed by atoms with Gasteiger partial charge in [-0.1, -0.05) is 13.3 Å². The second kappa shape index (κ2) is 6.23. The van der Waals surface area contributed by atoms with E-state index < -0.39 is 0 Å². The van der Waals surface area contributed by atoms with E-state index >= 15 is 0 Å². The Labute approximate surface area is 102 Å². The Hall–Kier alpha value is 0.583. The van der Waals surface area contributed by atoms with Gasteiger partial charge in [0.2, 0.25) is 0 Å². The third-order valence-corrected chi connectivity index (χ3v) is 3.23. The van der Waals surface area contributed by atoms with Gasteiger partial charge in [0.05, 0.1) is 0 Å². The first-order chi connectivity index (χ1) is 6.00. The molecule has 0 aliphatic carbocycles. The van der Waals surface area contributed by atoms with Gasteiger partial charge in [-0.3, -0.25) is 0 Å². The normalized spacial score (nSPS) is 29.4. The summed E-state index contributed by atoms with van der Waals surface area (Å²) in [6.07, 6.45) is 1.39. The van der Waals surface area contributed by atoms with Crippen LogP contribution in [0.2, 0.25) is 0 Å². The van der Waals surface area contributed by atoms with E-state index in [-0.39, 0.29) is 19.5 Å². The molecule has 1 radical (unpaired) electrons. The molecule has 0 N–H and O–H groups in total. The minimum atomic E-state index is 0. The topological polar surface area (TPSA) is 3.24 Å². The molecule has 1 rings (SSSR count). The molecule has 0 bridgehead atoms. The van der Waals surface area contributed by atoms with Crippen molar-refractivity contribution in [3.05, 3.63) is 5.92 Å². The molecule has 0 aromatic carbocycles. The molecule has 0 saturated carbocycles. The van der Waals surface area contributed by atoms with E-state index in [1.807, 2.05) is 0 Å². The van der Waals surface area contributed by atoms with E-state index in [1.165, 1.54) is 19.5 Å². The predicted molar refractivity (Wildman–Crippen MR) is 58.6 cm³/mol. The van der Waals surface area contributed by atoms with E-state index in [1.54, 1.807) is 5.92 Å². The molecule has 14 heavy (non-hydrogen) atoms. The molecule has 1 aliphatic rings. The largest absolute Gasteiger partial charge is 0.315 e. The molecule has 2 heteroatoms. The van der Waals surface area contributed by atoms with Crippen LogP contribution in [0.5, 0.6) is 0 Å². The maximum absolute atomic E-state index is 2.62. The molecule has 1 nitrogen and oxygen atoms in total. The predicted octanol–water partition coefficient (Wildman–Crippen LogP) is 2.96. The van der Waals surface area contributed by atoms with E-state index in [9.17, 15) is 0 Å². The summed E-state index contributed by atoms with van der Waals surface area (Å²) in [4.78, 5) is 2.62. The van der Waals surface area contributed by atoms with Gasteiger partial charge in [0.15, 0.2) is 0 Å². The Morgan fingerprint density at radius 1 is 1.21 bits per heavy atom. The fourth-order valence-electron chi connectivity index (χ4n) is 2.23. The van der Waals surface area contributed by atoms with Crippen LogP contribution in [0.25, 0.3) is 0 Å². The summed E-state index contributed by atoms with van der Waals surface area (Å²) in [6, 6.07) is 0.713. The number of hydrogen-bond acceptors (Lipinski definition) is 1. The summed E-state index contributed by atoms with van der Waals surface area (Å²) in [7, 11) is 0. The summed E-state index contributed by atoms with van der Waals surface area (Å²) >= 11 is 0. The van der Waals surface area contributed by atoms with Crippen molar-refractivity contribution in [1.29, 1.82) is 0 Å². The maximum Gasteiger partial charge on any atom is 0.00377 e. The molecule has 1 fully saturated rings. The van der Waals surface area contributed by atoms with Gasteiger partial charge in [-0.2, -0.15) is 19.8 Å². The Morgan fingerprint density at radius 2 is 1.79 bits per heavy atom. The summed E-state index contributed by atoms with van der Waals surface area (Å²) in [5.41, 5.74) is 0. The van der Waals surface area contributed by atoms with E-state index in [4.69, 9.17) is 0 Å². The van der Waals surface area contributed by atoms with Crippen molar-refractivity contribution in [2.75, 3.05) is 13.1 Å². The van der Waals surface area contributed by atoms with Crippen molar-refractivity contribution in [3.63, 3.8) is 0 Å². The molecular weight excluding hydrogens is 261 g/mol. The van der Waals surface area contributed by atoms with Gasteiger partial charge in [0, 0.05) is 32.1 Å². The zero-order valence-electron chi connectivity index (χ0n) is 10.1. The number of likely N-dealkylation sites (tertiary alicyclic amines) is 1. The average Bonchev–Trinajstić information content (AvgIpc) is 2.03. The first kappa shape index (κ1) is 14.6. The molecule has 0 spiro atoms. The van der Waals surface area contributed by atoms with E-state index in [2.05, 4.69) is 39.5 Å². The number of nitrogens with zero attached hydrogens (tertiary/aromatic N) is 1. The zero-order valence-corrected chi connectivity index (χ0v) is 11.8. The smallest absolute Gasteiger partial charge is 0.00377 e. The monoisotopic (exact) mass is 285 g/mol. The third kappa shape index (κ3) is 3.99. The van der Waals surface area contributed by atoms with Crippen molar-refractivity contribution in [2.24, 2.45) is 11.8 Å². The Bertz CT molecular complexity index is 140. The summed E-state index contributed by atoms with van der Waals surface area (Å²) in [5, 5.41) is 0. The third-order valence-electron chi connectivity index (χ3n) is 3.23. The van der Waals surface area contributed by atoms with Gasteiger partial charge in [-0.05, 0) is 26.3 Å². The maximum atomic E-state index is 2.62. The van der Waals surface area contributed by atoms with Gasteiger partial charge in [0.1, 0.15) is 0 Å². The quantitative estimate of drug-likeness (QED) is 0.557. The summed E-state index contributed by atoms with van der Waals surface area (Å²) in [5.74, 6) is 3.32. The van der Waals surface area contributed by atoms with Crippen LogP contribution in [0.1, 0.15) is 41.0 Å². The molecule has 87 valence electrons. The van der Waals surface area contributed by atoms with Crippen molar-refractivity contribution in [2.45, 2.75) is 47.1 Å². The van der Waals surface area contributed by atoms with Gasteiger partial charge in [0.25, 0.3) is 0 Å². The van der Waals surface area contributed by atoms with Crippen molar-refractivity contribution in [3.8, 4) is 0 Å². The number of rotatable bonds is 2. The molecule has 2 unspecified atom stereocenters. The minimum Gasteiger partial charge on any atom is -0.315 e. The van der Waals surface area contributed by atoms with Crippen molar-refractivity contribution < 1.29 is 19.5 Å². The van der Waals surface area contributed by atoms with E-state index in [0.29, 0.717) is 6.04 Å². The number of piperidine rings is 1. The van der Waals surface area contributed by atoms with Gasteiger partial charge in [-0.25, -0.2) is 0 Å². The standard InChI is InChI=1S/C12H24N.Rh/c1-9(2)12-6-11(5)7-13(8-12)10(3)4;/h10-12H,6-8H2,1-5H3;/q-1;. The summed E-state index contributed by atoms with van der Waals surface area (Å²) < 4.78 is 0. The molecule has 2 atom stereocenters. The zero-order chi connectivity index (χ0) is 10.0. The molecule has 1 saturated heterocycles. The SMILES string of the molecule is C[C-](C)C1CC(C)CN(C(C)C)C1.[Rh]. The average molecular weight is 285 g/mol. The fourth-order valence-corrected chi connectivity index (χ4v) is 2.23. The van der Waals surface area contributed by atoms with Crippen LogP contribution >= 0.6 is 0 Å². The molecular formula is C12H24NRh-. The Kier molecular flexibility index (Phi) is 6.49. The molecule has 1 heterocycles. The van der Waals surface area contributed by atoms with Gasteiger partial charge < -0.3 is 10.8 Å². The molecule has 1 aliphatic heterocycles. The Balaban J connectivity index is 0.00000169. The fraction of sp³-hybridized carbons (Fsp3) is 0.917. The van der Waals surface area contributed by atoms with Crippen LogP contribution in [0.3, 0.4) is 0 Å². The summed E-state index contributed by atoms with van der Waals surface area (Å²) in [6.45, 7) is 14.1. The molecule has 0 aromatic heterocycles.